The average Bonchev–Trinajstić information content (AvgIpc) is 2.39. The lowest BCUT2D eigenvalue weighted by Crippen LogP contribution is -2.20. The first-order chi connectivity index (χ1) is 8.54. The summed E-state index contributed by atoms with van der Waals surface area (Å²) >= 11 is 1.61. The summed E-state index contributed by atoms with van der Waals surface area (Å²) in [5.41, 5.74) is 1.12. The molecule has 0 spiro atoms. The van der Waals surface area contributed by atoms with Crippen LogP contribution in [0.15, 0.2) is 57.9 Å². The van der Waals surface area contributed by atoms with E-state index in [1.54, 1.807) is 30.0 Å². The lowest BCUT2D eigenvalue weighted by molar-refractivity contribution is 0.588. The third-order valence-electron chi connectivity index (χ3n) is 3.03. The van der Waals surface area contributed by atoms with Gasteiger partial charge in [0.05, 0.1) is 10.1 Å². The Morgan fingerprint density at radius 2 is 1.89 bits per heavy atom. The maximum Gasteiger partial charge on any atom is 0.185 e. The maximum absolute atomic E-state index is 12.4. The van der Waals surface area contributed by atoms with Crippen molar-refractivity contribution < 1.29 is 8.42 Å². The number of sulfone groups is 1. The fourth-order valence-electron chi connectivity index (χ4n) is 1.88. The fourth-order valence-corrected chi connectivity index (χ4v) is 3.79. The van der Waals surface area contributed by atoms with Crippen LogP contribution < -0.4 is 0 Å². The van der Waals surface area contributed by atoms with Crippen LogP contribution in [-0.2, 0) is 9.84 Å². The third-order valence-corrected chi connectivity index (χ3v) is 5.85. The molecule has 1 aromatic carbocycles. The summed E-state index contributed by atoms with van der Waals surface area (Å²) in [6.45, 7) is 1.98. The van der Waals surface area contributed by atoms with Crippen LogP contribution in [0, 0.1) is 0 Å². The monoisotopic (exact) mass is 280 g/mol. The van der Waals surface area contributed by atoms with E-state index in [1.807, 2.05) is 37.5 Å². The normalized spacial score (nSPS) is 19.7. The summed E-state index contributed by atoms with van der Waals surface area (Å²) < 4.78 is 24.8. The van der Waals surface area contributed by atoms with Crippen LogP contribution in [0.4, 0.5) is 0 Å². The van der Waals surface area contributed by atoms with Crippen molar-refractivity contribution in [2.24, 2.45) is 0 Å². The van der Waals surface area contributed by atoms with Gasteiger partial charge in [-0.3, -0.25) is 0 Å². The Morgan fingerprint density at radius 1 is 1.22 bits per heavy atom. The number of hydrogen-bond acceptors (Lipinski definition) is 3. The number of hydrogen-bond donors (Lipinski definition) is 0. The van der Waals surface area contributed by atoms with Gasteiger partial charge in [-0.1, -0.05) is 23.8 Å². The van der Waals surface area contributed by atoms with Gasteiger partial charge in [-0.15, -0.1) is 11.8 Å². The first kappa shape index (κ1) is 13.4. The predicted molar refractivity (Wildman–Crippen MR) is 76.7 cm³/mol. The van der Waals surface area contributed by atoms with Crippen LogP contribution in [0.5, 0.6) is 0 Å². The van der Waals surface area contributed by atoms with Gasteiger partial charge in [0.15, 0.2) is 9.84 Å². The number of rotatable bonds is 3. The van der Waals surface area contributed by atoms with Crippen molar-refractivity contribution in [2.45, 2.75) is 28.4 Å². The Morgan fingerprint density at radius 3 is 2.39 bits per heavy atom. The van der Waals surface area contributed by atoms with Crippen molar-refractivity contribution in [1.82, 2.24) is 0 Å². The molecule has 4 heteroatoms. The minimum atomic E-state index is -3.25. The molecule has 0 bridgehead atoms. The van der Waals surface area contributed by atoms with Crippen molar-refractivity contribution in [3.8, 4) is 0 Å². The summed E-state index contributed by atoms with van der Waals surface area (Å²) in [5.74, 6) is 0. The molecule has 0 saturated carbocycles. The van der Waals surface area contributed by atoms with Crippen molar-refractivity contribution in [2.75, 3.05) is 6.26 Å². The molecule has 0 fully saturated rings. The number of thioether (sulfide) groups is 1. The van der Waals surface area contributed by atoms with Gasteiger partial charge in [-0.05, 0) is 43.9 Å². The zero-order chi connectivity index (χ0) is 13.2. The lowest BCUT2D eigenvalue weighted by Gasteiger charge is -2.16. The van der Waals surface area contributed by atoms with E-state index in [-0.39, 0.29) is 0 Å². The zero-order valence-corrected chi connectivity index (χ0v) is 12.1. The first-order valence-corrected chi connectivity index (χ1v) is 8.54. The Balaban J connectivity index is 2.28. The minimum absolute atomic E-state index is 0.405. The third kappa shape index (κ3) is 2.70. The Kier molecular flexibility index (Phi) is 3.97. The number of benzene rings is 1. The van der Waals surface area contributed by atoms with Gasteiger partial charge >= 0.3 is 0 Å². The summed E-state index contributed by atoms with van der Waals surface area (Å²) in [7, 11) is -3.25. The molecule has 0 amide bonds. The van der Waals surface area contributed by atoms with Crippen LogP contribution in [0.1, 0.15) is 13.3 Å². The molecule has 1 atom stereocenters. The molecule has 1 unspecified atom stereocenters. The van der Waals surface area contributed by atoms with Crippen molar-refractivity contribution in [3.05, 3.63) is 48.1 Å². The van der Waals surface area contributed by atoms with Crippen LogP contribution in [0.25, 0.3) is 0 Å². The molecule has 18 heavy (non-hydrogen) atoms. The van der Waals surface area contributed by atoms with Gasteiger partial charge in [-0.2, -0.15) is 0 Å². The molecule has 0 heterocycles. The molecule has 2 nitrogen and oxygen atoms in total. The topological polar surface area (TPSA) is 34.1 Å². The largest absolute Gasteiger partial charge is 0.223 e. The van der Waals surface area contributed by atoms with Gasteiger partial charge in [0.2, 0.25) is 0 Å². The maximum atomic E-state index is 12.4. The molecular weight excluding hydrogens is 264 g/mol. The highest BCUT2D eigenvalue weighted by molar-refractivity contribution is 7.98. The van der Waals surface area contributed by atoms with Gasteiger partial charge in [-0.25, -0.2) is 8.42 Å². The van der Waals surface area contributed by atoms with Crippen LogP contribution in [0.2, 0.25) is 0 Å². The smallest absolute Gasteiger partial charge is 0.185 e. The van der Waals surface area contributed by atoms with Gasteiger partial charge in [0.1, 0.15) is 0 Å². The second-order valence-corrected chi connectivity index (χ2v) is 7.35. The van der Waals surface area contributed by atoms with Gasteiger partial charge in [0, 0.05) is 4.90 Å². The molecule has 0 saturated heterocycles. The molecule has 2 rings (SSSR count). The standard InChI is InChI=1S/C14H16O2S2/c1-11-3-7-13(8-4-11)18(15,16)14-9-5-12(17-2)6-10-14/h3-7,9-10,13H,8H2,1-2H3. The highest BCUT2D eigenvalue weighted by Crippen LogP contribution is 2.25. The first-order valence-electron chi connectivity index (χ1n) is 5.77. The van der Waals surface area contributed by atoms with Crippen molar-refractivity contribution in [3.63, 3.8) is 0 Å². The Hall–Kier alpha value is -1.00. The summed E-state index contributed by atoms with van der Waals surface area (Å²) in [6, 6.07) is 7.09. The molecule has 0 aliphatic heterocycles. The van der Waals surface area contributed by atoms with E-state index in [0.29, 0.717) is 11.3 Å². The van der Waals surface area contributed by atoms with E-state index in [1.165, 1.54) is 0 Å². The molecule has 1 aromatic rings. The summed E-state index contributed by atoms with van der Waals surface area (Å²) in [6.07, 6.45) is 8.17. The van der Waals surface area contributed by atoms with Gasteiger partial charge in [0.25, 0.3) is 0 Å². The molecular formula is C14H16O2S2. The molecule has 0 aromatic heterocycles. The quantitative estimate of drug-likeness (QED) is 0.795. The number of allylic oxidation sites excluding steroid dienone is 3. The van der Waals surface area contributed by atoms with E-state index in [9.17, 15) is 8.42 Å². The second kappa shape index (κ2) is 5.33. The van der Waals surface area contributed by atoms with E-state index < -0.39 is 15.1 Å². The lowest BCUT2D eigenvalue weighted by atomic mass is 10.1. The van der Waals surface area contributed by atoms with E-state index in [4.69, 9.17) is 0 Å². The zero-order valence-electron chi connectivity index (χ0n) is 10.5. The molecule has 1 aliphatic rings. The SMILES string of the molecule is CSc1ccc(S(=O)(=O)C2C=CC(C)=CC2)cc1. The van der Waals surface area contributed by atoms with E-state index in [0.717, 1.165) is 10.5 Å². The fraction of sp³-hybridized carbons (Fsp3) is 0.286. The Labute approximate surface area is 113 Å². The summed E-state index contributed by atoms with van der Waals surface area (Å²) in [4.78, 5) is 1.48. The molecule has 1 aliphatic carbocycles. The predicted octanol–water partition coefficient (Wildman–Crippen LogP) is 3.46. The van der Waals surface area contributed by atoms with Gasteiger partial charge < -0.3 is 0 Å². The van der Waals surface area contributed by atoms with Crippen LogP contribution in [-0.4, -0.2) is 19.9 Å². The van der Waals surface area contributed by atoms with E-state index >= 15 is 0 Å². The molecule has 0 N–H and O–H groups in total. The van der Waals surface area contributed by atoms with Crippen molar-refractivity contribution in [1.29, 1.82) is 0 Å². The second-order valence-electron chi connectivity index (χ2n) is 4.30. The molecule has 0 radical (unpaired) electrons. The van der Waals surface area contributed by atoms with E-state index in [2.05, 4.69) is 0 Å². The van der Waals surface area contributed by atoms with Crippen molar-refractivity contribution >= 4 is 21.6 Å². The van der Waals surface area contributed by atoms with Crippen LogP contribution in [0.3, 0.4) is 0 Å². The average molecular weight is 280 g/mol. The highest BCUT2D eigenvalue weighted by atomic mass is 32.2. The minimum Gasteiger partial charge on any atom is -0.223 e. The summed E-state index contributed by atoms with van der Waals surface area (Å²) in [5, 5.41) is -0.429. The Bertz CT molecular complexity index is 581. The molecule has 96 valence electrons. The highest BCUT2D eigenvalue weighted by Gasteiger charge is 2.25. The van der Waals surface area contributed by atoms with Crippen LogP contribution >= 0.6 is 11.8 Å².